The number of nitrogens with two attached hydrogens (primary N) is 1. The molecule has 0 fully saturated rings. The number of aromatic nitrogens is 2. The van der Waals surface area contributed by atoms with Crippen LogP contribution in [0, 0.1) is 10.1 Å². The van der Waals surface area contributed by atoms with Crippen molar-refractivity contribution in [3.05, 3.63) is 69.8 Å². The van der Waals surface area contributed by atoms with Gasteiger partial charge >= 0.3 is 12.0 Å². The highest BCUT2D eigenvalue weighted by Crippen LogP contribution is 2.19. The van der Waals surface area contributed by atoms with Crippen LogP contribution in [0.25, 0.3) is 11.4 Å². The molecule has 3 rings (SSSR count). The molecule has 0 atom stereocenters. The minimum Gasteiger partial charge on any atom is -0.480 e. The Labute approximate surface area is 163 Å². The van der Waals surface area contributed by atoms with Crippen molar-refractivity contribution in [1.29, 1.82) is 0 Å². The summed E-state index contributed by atoms with van der Waals surface area (Å²) in [6, 6.07) is 11.7. The highest BCUT2D eigenvalue weighted by atomic mass is 16.6. The average molecular weight is 397 g/mol. The van der Waals surface area contributed by atoms with Crippen molar-refractivity contribution in [2.45, 2.75) is 6.54 Å². The number of hydrogen-bond donors (Lipinski definition) is 2. The van der Waals surface area contributed by atoms with E-state index >= 15 is 0 Å². The summed E-state index contributed by atoms with van der Waals surface area (Å²) in [5, 5.41) is 23.6. The molecule has 0 aliphatic rings. The largest absolute Gasteiger partial charge is 0.480 e. The quantitative estimate of drug-likeness (QED) is 0.447. The number of nitro groups is 1. The number of rotatable bonds is 7. The summed E-state index contributed by atoms with van der Waals surface area (Å²) in [7, 11) is 0. The van der Waals surface area contributed by atoms with E-state index in [0.717, 1.165) is 4.90 Å². The number of nitrogen functional groups attached to an aromatic ring is 1. The molecule has 1 aromatic heterocycles. The minimum absolute atomic E-state index is 0.0246. The monoisotopic (exact) mass is 397 g/mol. The van der Waals surface area contributed by atoms with Crippen molar-refractivity contribution in [2.24, 2.45) is 0 Å². The van der Waals surface area contributed by atoms with Crippen LogP contribution in [0.15, 0.2) is 53.1 Å². The number of carbonyl (C=O) groups excluding carboxylic acids is 1. The maximum Gasteiger partial charge on any atom is 0.323 e. The molecule has 0 aliphatic heterocycles. The topological polar surface area (TPSA) is 166 Å². The number of non-ortho nitro benzene ring substituents is 1. The minimum atomic E-state index is -1.18. The van der Waals surface area contributed by atoms with Gasteiger partial charge < -0.3 is 20.3 Å². The van der Waals surface area contributed by atoms with E-state index in [1.165, 1.54) is 24.3 Å². The Morgan fingerprint density at radius 2 is 1.79 bits per heavy atom. The Hall–Kier alpha value is -4.28. The van der Waals surface area contributed by atoms with Gasteiger partial charge in [0.15, 0.2) is 0 Å². The first kappa shape index (κ1) is 19.5. The van der Waals surface area contributed by atoms with E-state index in [0.29, 0.717) is 17.0 Å². The Kier molecular flexibility index (Phi) is 5.49. The summed E-state index contributed by atoms with van der Waals surface area (Å²) in [5.41, 5.74) is 6.69. The van der Waals surface area contributed by atoms with Crippen LogP contribution in [0.4, 0.5) is 11.7 Å². The lowest BCUT2D eigenvalue weighted by molar-refractivity contribution is -0.384. The number of carbonyl (C=O) groups is 2. The highest BCUT2D eigenvalue weighted by Gasteiger charge is 2.20. The first-order chi connectivity index (χ1) is 13.8. The number of carboxylic acid groups (broad SMARTS) is 1. The molecule has 148 valence electrons. The van der Waals surface area contributed by atoms with Gasteiger partial charge in [0, 0.05) is 29.8 Å². The van der Waals surface area contributed by atoms with Gasteiger partial charge in [0.2, 0.25) is 5.82 Å². The molecule has 3 aromatic rings. The first-order valence-electron chi connectivity index (χ1n) is 8.27. The van der Waals surface area contributed by atoms with E-state index in [-0.39, 0.29) is 23.8 Å². The predicted molar refractivity (Wildman–Crippen MR) is 99.6 cm³/mol. The van der Waals surface area contributed by atoms with Crippen LogP contribution in [-0.4, -0.2) is 43.5 Å². The molecule has 3 N–H and O–H groups in total. The van der Waals surface area contributed by atoms with Crippen LogP contribution in [0.5, 0.6) is 0 Å². The zero-order chi connectivity index (χ0) is 21.0. The molecule has 0 radical (unpaired) electrons. The van der Waals surface area contributed by atoms with Gasteiger partial charge in [-0.15, -0.1) is 0 Å². The SMILES string of the molecule is Nc1nc(-c2ccc(CN(CC(=O)O)C(=O)c3ccc([N+](=O)[O-])cc3)cc2)no1. The number of carboxylic acids is 1. The van der Waals surface area contributed by atoms with Gasteiger partial charge in [0.1, 0.15) is 6.54 Å². The van der Waals surface area contributed by atoms with E-state index in [9.17, 15) is 19.7 Å². The van der Waals surface area contributed by atoms with Gasteiger partial charge in [-0.25, -0.2) is 0 Å². The fraction of sp³-hybridized carbons (Fsp3) is 0.111. The Morgan fingerprint density at radius 3 is 2.31 bits per heavy atom. The molecular formula is C18H15N5O6. The molecule has 1 amide bonds. The van der Waals surface area contributed by atoms with Gasteiger partial charge in [-0.2, -0.15) is 4.98 Å². The molecule has 1 heterocycles. The fourth-order valence-corrected chi connectivity index (χ4v) is 2.60. The molecule has 0 saturated carbocycles. The van der Waals surface area contributed by atoms with Crippen molar-refractivity contribution >= 4 is 23.6 Å². The molecule has 0 aliphatic carbocycles. The molecule has 2 aromatic carbocycles. The number of nitrogens with zero attached hydrogens (tertiary/aromatic N) is 4. The van der Waals surface area contributed by atoms with Crippen LogP contribution >= 0.6 is 0 Å². The van der Waals surface area contributed by atoms with Gasteiger partial charge in [0.25, 0.3) is 11.6 Å². The number of hydrogen-bond acceptors (Lipinski definition) is 8. The molecule has 0 bridgehead atoms. The van der Waals surface area contributed by atoms with Crippen LogP contribution in [0.3, 0.4) is 0 Å². The summed E-state index contributed by atoms with van der Waals surface area (Å²) in [4.78, 5) is 39.1. The van der Waals surface area contributed by atoms with E-state index in [1.54, 1.807) is 24.3 Å². The second-order valence-corrected chi connectivity index (χ2v) is 6.01. The number of anilines is 1. The van der Waals surface area contributed by atoms with Crippen LogP contribution < -0.4 is 5.73 Å². The molecule has 0 saturated heterocycles. The van der Waals surface area contributed by atoms with E-state index in [1.807, 2.05) is 0 Å². The molecular weight excluding hydrogens is 382 g/mol. The maximum absolute atomic E-state index is 12.7. The van der Waals surface area contributed by atoms with Crippen LogP contribution in [0.2, 0.25) is 0 Å². The summed E-state index contributed by atoms with van der Waals surface area (Å²) >= 11 is 0. The van der Waals surface area contributed by atoms with Crippen molar-refractivity contribution in [2.75, 3.05) is 12.3 Å². The Morgan fingerprint density at radius 1 is 1.14 bits per heavy atom. The van der Waals surface area contributed by atoms with Crippen molar-refractivity contribution in [1.82, 2.24) is 15.0 Å². The molecule has 11 heteroatoms. The third-order valence-electron chi connectivity index (χ3n) is 3.97. The maximum atomic E-state index is 12.7. The van der Waals surface area contributed by atoms with Crippen molar-refractivity contribution in [3.8, 4) is 11.4 Å². The van der Waals surface area contributed by atoms with Crippen LogP contribution in [-0.2, 0) is 11.3 Å². The van der Waals surface area contributed by atoms with Gasteiger partial charge in [-0.05, 0) is 17.7 Å². The summed E-state index contributed by atoms with van der Waals surface area (Å²) in [5.74, 6) is -1.44. The molecule has 29 heavy (non-hydrogen) atoms. The molecule has 11 nitrogen and oxygen atoms in total. The Balaban J connectivity index is 1.78. The predicted octanol–water partition coefficient (Wildman–Crippen LogP) is 1.95. The second kappa shape index (κ2) is 8.17. The standard InChI is InChI=1S/C18H15N5O6/c19-18-20-16(21-29-18)12-3-1-11(2-4-12)9-22(10-15(24)25)17(26)13-5-7-14(8-6-13)23(27)28/h1-8H,9-10H2,(H,24,25)(H2,19,20,21). The van der Waals surface area contributed by atoms with Crippen molar-refractivity contribution < 1.29 is 24.1 Å². The number of nitro benzene ring substituents is 1. The number of aliphatic carboxylic acids is 1. The average Bonchev–Trinajstić information content (AvgIpc) is 3.13. The van der Waals surface area contributed by atoms with Gasteiger partial charge in [0.05, 0.1) is 4.92 Å². The smallest absolute Gasteiger partial charge is 0.323 e. The fourth-order valence-electron chi connectivity index (χ4n) is 2.60. The lowest BCUT2D eigenvalue weighted by Crippen LogP contribution is -2.35. The van der Waals surface area contributed by atoms with E-state index in [4.69, 9.17) is 15.4 Å². The number of benzene rings is 2. The number of amides is 1. The summed E-state index contributed by atoms with van der Waals surface area (Å²) < 4.78 is 4.72. The summed E-state index contributed by atoms with van der Waals surface area (Å²) in [6.07, 6.45) is 0. The first-order valence-corrected chi connectivity index (χ1v) is 8.27. The zero-order valence-electron chi connectivity index (χ0n) is 14.9. The van der Waals surface area contributed by atoms with Gasteiger partial charge in [-0.1, -0.05) is 29.4 Å². The summed E-state index contributed by atoms with van der Waals surface area (Å²) in [6.45, 7) is -0.504. The lowest BCUT2D eigenvalue weighted by atomic mass is 10.1. The second-order valence-electron chi connectivity index (χ2n) is 6.01. The van der Waals surface area contributed by atoms with Crippen molar-refractivity contribution in [3.63, 3.8) is 0 Å². The van der Waals surface area contributed by atoms with Gasteiger partial charge in [-0.3, -0.25) is 19.7 Å². The van der Waals surface area contributed by atoms with E-state index in [2.05, 4.69) is 10.1 Å². The normalized spacial score (nSPS) is 10.5. The third kappa shape index (κ3) is 4.71. The molecule has 0 unspecified atom stereocenters. The Bertz CT molecular complexity index is 1050. The van der Waals surface area contributed by atoms with E-state index < -0.39 is 23.3 Å². The van der Waals surface area contributed by atoms with Crippen LogP contribution in [0.1, 0.15) is 15.9 Å². The third-order valence-corrected chi connectivity index (χ3v) is 3.97. The highest BCUT2D eigenvalue weighted by molar-refractivity contribution is 5.96. The zero-order valence-corrected chi connectivity index (χ0v) is 14.9. The lowest BCUT2D eigenvalue weighted by Gasteiger charge is -2.21. The molecule has 0 spiro atoms.